The van der Waals surface area contributed by atoms with Crippen LogP contribution in [0.25, 0.3) is 0 Å². The van der Waals surface area contributed by atoms with Crippen molar-refractivity contribution in [2.24, 2.45) is 0 Å². The minimum atomic E-state index is -3.70. The van der Waals surface area contributed by atoms with Gasteiger partial charge < -0.3 is 9.47 Å². The van der Waals surface area contributed by atoms with Crippen molar-refractivity contribution in [3.05, 3.63) is 53.1 Å². The smallest absolute Gasteiger partial charge is 0.241 e. The van der Waals surface area contributed by atoms with E-state index >= 15 is 0 Å². The lowest BCUT2D eigenvalue weighted by Crippen LogP contribution is -2.28. The highest BCUT2D eigenvalue weighted by atomic mass is 32.2. The zero-order valence-electron chi connectivity index (χ0n) is 14.6. The molecule has 2 aromatic rings. The number of benzene rings is 2. The minimum Gasteiger partial charge on any atom is -0.493 e. The third kappa shape index (κ3) is 3.71. The molecule has 5 nitrogen and oxygen atoms in total. The average molecular weight is 349 g/mol. The highest BCUT2D eigenvalue weighted by Crippen LogP contribution is 2.33. The summed E-state index contributed by atoms with van der Waals surface area (Å²) in [6, 6.07) is 10.5. The van der Waals surface area contributed by atoms with Crippen LogP contribution >= 0.6 is 0 Å². The van der Waals surface area contributed by atoms with Crippen LogP contribution in [0, 0.1) is 13.8 Å². The third-order valence-corrected chi connectivity index (χ3v) is 5.64. The Hall–Kier alpha value is -2.05. The minimum absolute atomic E-state index is 0.181. The maximum absolute atomic E-state index is 12.8. The van der Waals surface area contributed by atoms with Crippen LogP contribution in [-0.2, 0) is 10.0 Å². The van der Waals surface area contributed by atoms with E-state index in [-0.39, 0.29) is 10.9 Å². The van der Waals surface area contributed by atoms with Crippen molar-refractivity contribution in [2.45, 2.75) is 31.7 Å². The Kier molecular flexibility index (Phi) is 5.51. The second kappa shape index (κ2) is 7.23. The first-order valence-electron chi connectivity index (χ1n) is 7.60. The molecule has 1 unspecified atom stereocenters. The van der Waals surface area contributed by atoms with E-state index in [0.29, 0.717) is 17.1 Å². The SMILES string of the molecule is COc1cc(C)c(S(=O)(=O)NC(C)c2ccccc2C)cc1OC. The number of rotatable bonds is 6. The fourth-order valence-corrected chi connectivity index (χ4v) is 4.15. The van der Waals surface area contributed by atoms with Crippen molar-refractivity contribution < 1.29 is 17.9 Å². The van der Waals surface area contributed by atoms with Crippen LogP contribution in [0.1, 0.15) is 29.7 Å². The van der Waals surface area contributed by atoms with Gasteiger partial charge in [-0.05, 0) is 43.5 Å². The Bertz CT molecular complexity index is 831. The lowest BCUT2D eigenvalue weighted by molar-refractivity contribution is 0.353. The summed E-state index contributed by atoms with van der Waals surface area (Å²) in [6.45, 7) is 5.52. The van der Waals surface area contributed by atoms with Crippen molar-refractivity contribution in [1.29, 1.82) is 0 Å². The third-order valence-electron chi connectivity index (χ3n) is 3.96. The predicted octanol–water partition coefficient (Wildman–Crippen LogP) is 3.36. The predicted molar refractivity (Wildman–Crippen MR) is 94.2 cm³/mol. The molecule has 0 spiro atoms. The fraction of sp³-hybridized carbons (Fsp3) is 0.333. The van der Waals surface area contributed by atoms with E-state index < -0.39 is 10.0 Å². The zero-order chi connectivity index (χ0) is 17.9. The normalized spacial score (nSPS) is 12.7. The highest BCUT2D eigenvalue weighted by Gasteiger charge is 2.23. The van der Waals surface area contributed by atoms with Gasteiger partial charge in [-0.2, -0.15) is 0 Å². The highest BCUT2D eigenvalue weighted by molar-refractivity contribution is 7.89. The van der Waals surface area contributed by atoms with Crippen molar-refractivity contribution in [3.63, 3.8) is 0 Å². The van der Waals surface area contributed by atoms with Crippen LogP contribution in [0.5, 0.6) is 11.5 Å². The molecule has 0 aliphatic rings. The lowest BCUT2D eigenvalue weighted by Gasteiger charge is -2.18. The second-order valence-electron chi connectivity index (χ2n) is 5.67. The molecule has 0 heterocycles. The standard InChI is InChI=1S/C18H23NO4S/c1-12-8-6-7-9-15(12)14(3)19-24(20,21)18-11-17(23-5)16(22-4)10-13(18)2/h6-11,14,19H,1-5H3. The first-order chi connectivity index (χ1) is 11.3. The van der Waals surface area contributed by atoms with Gasteiger partial charge in [-0.1, -0.05) is 24.3 Å². The molecule has 24 heavy (non-hydrogen) atoms. The van der Waals surface area contributed by atoms with Gasteiger partial charge in [0.25, 0.3) is 0 Å². The molecule has 0 fully saturated rings. The largest absolute Gasteiger partial charge is 0.493 e. The number of hydrogen-bond acceptors (Lipinski definition) is 4. The van der Waals surface area contributed by atoms with Gasteiger partial charge in [-0.15, -0.1) is 0 Å². The molecule has 2 rings (SSSR count). The van der Waals surface area contributed by atoms with Gasteiger partial charge in [-0.3, -0.25) is 0 Å². The molecule has 0 aliphatic heterocycles. The van der Waals surface area contributed by atoms with Crippen LogP contribution in [-0.4, -0.2) is 22.6 Å². The summed E-state index contributed by atoms with van der Waals surface area (Å²) in [5.74, 6) is 0.882. The molecule has 1 atom stereocenters. The van der Waals surface area contributed by atoms with Crippen LogP contribution in [0.2, 0.25) is 0 Å². The van der Waals surface area contributed by atoms with Gasteiger partial charge in [0.1, 0.15) is 0 Å². The molecule has 0 radical (unpaired) electrons. The molecular formula is C18H23NO4S. The van der Waals surface area contributed by atoms with Gasteiger partial charge >= 0.3 is 0 Å². The number of sulfonamides is 1. The molecular weight excluding hydrogens is 326 g/mol. The summed E-state index contributed by atoms with van der Waals surface area (Å²) in [5.41, 5.74) is 2.58. The molecule has 0 amide bonds. The van der Waals surface area contributed by atoms with Gasteiger partial charge in [0.2, 0.25) is 10.0 Å². The van der Waals surface area contributed by atoms with Crippen molar-refractivity contribution in [1.82, 2.24) is 4.72 Å². The Morgan fingerprint density at radius 2 is 1.54 bits per heavy atom. The molecule has 0 aromatic heterocycles. The first-order valence-corrected chi connectivity index (χ1v) is 9.09. The molecule has 1 N–H and O–H groups in total. The Balaban J connectivity index is 2.39. The average Bonchev–Trinajstić information content (AvgIpc) is 2.54. The van der Waals surface area contributed by atoms with Crippen molar-refractivity contribution >= 4 is 10.0 Å². The zero-order valence-corrected chi connectivity index (χ0v) is 15.4. The Labute approximate surface area is 143 Å². The van der Waals surface area contributed by atoms with E-state index in [0.717, 1.165) is 11.1 Å². The van der Waals surface area contributed by atoms with Gasteiger partial charge in [0, 0.05) is 12.1 Å². The van der Waals surface area contributed by atoms with Crippen LogP contribution in [0.3, 0.4) is 0 Å². The van der Waals surface area contributed by atoms with Crippen LogP contribution < -0.4 is 14.2 Å². The maximum Gasteiger partial charge on any atom is 0.241 e. The summed E-state index contributed by atoms with van der Waals surface area (Å²) < 4.78 is 38.8. The van der Waals surface area contributed by atoms with E-state index in [9.17, 15) is 8.42 Å². The topological polar surface area (TPSA) is 64.6 Å². The van der Waals surface area contributed by atoms with E-state index in [1.54, 1.807) is 13.0 Å². The molecule has 130 valence electrons. The van der Waals surface area contributed by atoms with E-state index in [4.69, 9.17) is 9.47 Å². The number of methoxy groups -OCH3 is 2. The molecule has 0 saturated heterocycles. The van der Waals surface area contributed by atoms with E-state index in [1.807, 2.05) is 38.1 Å². The summed E-state index contributed by atoms with van der Waals surface area (Å²) in [6.07, 6.45) is 0. The fourth-order valence-electron chi connectivity index (χ4n) is 2.68. The summed E-state index contributed by atoms with van der Waals surface area (Å²) in [4.78, 5) is 0.181. The molecule has 0 saturated carbocycles. The Morgan fingerprint density at radius 1 is 0.958 bits per heavy atom. The van der Waals surface area contributed by atoms with E-state index in [2.05, 4.69) is 4.72 Å². The first kappa shape index (κ1) is 18.3. The van der Waals surface area contributed by atoms with Crippen LogP contribution in [0.4, 0.5) is 0 Å². The summed E-state index contributed by atoms with van der Waals surface area (Å²) in [5, 5.41) is 0. The number of ether oxygens (including phenoxy) is 2. The number of aryl methyl sites for hydroxylation is 2. The Morgan fingerprint density at radius 3 is 2.12 bits per heavy atom. The van der Waals surface area contributed by atoms with Gasteiger partial charge in [-0.25, -0.2) is 13.1 Å². The van der Waals surface area contributed by atoms with Crippen molar-refractivity contribution in [3.8, 4) is 11.5 Å². The molecule has 0 aliphatic carbocycles. The van der Waals surface area contributed by atoms with Crippen molar-refractivity contribution in [2.75, 3.05) is 14.2 Å². The van der Waals surface area contributed by atoms with Gasteiger partial charge in [0.15, 0.2) is 11.5 Å². The number of hydrogen-bond donors (Lipinski definition) is 1. The molecule has 0 bridgehead atoms. The molecule has 2 aromatic carbocycles. The second-order valence-corrected chi connectivity index (χ2v) is 7.35. The van der Waals surface area contributed by atoms with Gasteiger partial charge in [0.05, 0.1) is 19.1 Å². The summed E-state index contributed by atoms with van der Waals surface area (Å²) >= 11 is 0. The van der Waals surface area contributed by atoms with Crippen LogP contribution in [0.15, 0.2) is 41.3 Å². The quantitative estimate of drug-likeness (QED) is 0.868. The monoisotopic (exact) mass is 349 g/mol. The van der Waals surface area contributed by atoms with E-state index in [1.165, 1.54) is 20.3 Å². The lowest BCUT2D eigenvalue weighted by atomic mass is 10.0. The maximum atomic E-state index is 12.8. The number of nitrogens with one attached hydrogen (secondary N) is 1. The summed E-state index contributed by atoms with van der Waals surface area (Å²) in [7, 11) is -0.701. The molecule has 6 heteroatoms.